The van der Waals surface area contributed by atoms with E-state index in [2.05, 4.69) is 5.32 Å². The monoisotopic (exact) mass is 277 g/mol. The van der Waals surface area contributed by atoms with Crippen molar-refractivity contribution in [2.24, 2.45) is 5.92 Å². The van der Waals surface area contributed by atoms with Crippen LogP contribution in [-0.2, 0) is 4.79 Å². The molecule has 98 valence electrons. The van der Waals surface area contributed by atoms with E-state index in [0.29, 0.717) is 21.7 Å². The number of halogens is 1. The van der Waals surface area contributed by atoms with Crippen molar-refractivity contribution in [1.29, 1.82) is 0 Å². The molecular formula is C14H12ClNO3. The average molecular weight is 278 g/mol. The van der Waals surface area contributed by atoms with Crippen molar-refractivity contribution < 1.29 is 14.0 Å². The summed E-state index contributed by atoms with van der Waals surface area (Å²) >= 11 is 5.95. The molecular weight excluding hydrogens is 266 g/mol. The van der Waals surface area contributed by atoms with Crippen molar-refractivity contribution in [3.8, 4) is 0 Å². The topological polar surface area (TPSA) is 59.3 Å². The van der Waals surface area contributed by atoms with Gasteiger partial charge in [0.15, 0.2) is 5.76 Å². The highest BCUT2D eigenvalue weighted by Crippen LogP contribution is 2.39. The van der Waals surface area contributed by atoms with Crippen molar-refractivity contribution in [2.45, 2.75) is 19.8 Å². The van der Waals surface area contributed by atoms with Gasteiger partial charge in [-0.05, 0) is 31.0 Å². The van der Waals surface area contributed by atoms with Crippen molar-refractivity contribution in [2.75, 3.05) is 5.32 Å². The summed E-state index contributed by atoms with van der Waals surface area (Å²) in [6.45, 7) is 1.40. The smallest absolute Gasteiger partial charge is 0.221 e. The van der Waals surface area contributed by atoms with Crippen LogP contribution in [0, 0.1) is 5.92 Å². The maximum atomic E-state index is 12.2. The van der Waals surface area contributed by atoms with Crippen molar-refractivity contribution in [3.05, 3.63) is 29.0 Å². The van der Waals surface area contributed by atoms with Gasteiger partial charge in [-0.15, -0.1) is 0 Å². The van der Waals surface area contributed by atoms with Crippen molar-refractivity contribution in [1.82, 2.24) is 0 Å². The Kier molecular flexibility index (Phi) is 2.82. The number of ketones is 1. The van der Waals surface area contributed by atoms with Crippen LogP contribution >= 0.6 is 11.6 Å². The lowest BCUT2D eigenvalue weighted by Crippen LogP contribution is -2.10. The molecule has 1 fully saturated rings. The Morgan fingerprint density at radius 3 is 2.74 bits per heavy atom. The highest BCUT2D eigenvalue weighted by atomic mass is 35.5. The Morgan fingerprint density at radius 2 is 2.11 bits per heavy atom. The number of hydrogen-bond acceptors (Lipinski definition) is 3. The number of amides is 1. The van der Waals surface area contributed by atoms with Gasteiger partial charge in [0, 0.05) is 23.3 Å². The van der Waals surface area contributed by atoms with Gasteiger partial charge in [-0.2, -0.15) is 0 Å². The lowest BCUT2D eigenvalue weighted by atomic mass is 10.1. The molecule has 4 nitrogen and oxygen atoms in total. The molecule has 1 amide bonds. The highest BCUT2D eigenvalue weighted by Gasteiger charge is 2.35. The molecule has 0 atom stereocenters. The van der Waals surface area contributed by atoms with Crippen LogP contribution in [0.2, 0.25) is 5.02 Å². The van der Waals surface area contributed by atoms with Crippen LogP contribution in [0.1, 0.15) is 30.3 Å². The number of hydrogen-bond donors (Lipinski definition) is 1. The predicted molar refractivity (Wildman–Crippen MR) is 72.6 cm³/mol. The van der Waals surface area contributed by atoms with Gasteiger partial charge in [-0.1, -0.05) is 11.6 Å². The Balaban J connectivity index is 2.18. The van der Waals surface area contributed by atoms with E-state index in [1.165, 1.54) is 6.92 Å². The number of Topliss-reactive ketones (excluding diaryl/α,β-unsaturated/α-hetero) is 1. The first-order valence-corrected chi connectivity index (χ1v) is 6.48. The van der Waals surface area contributed by atoms with Crippen LogP contribution in [0.4, 0.5) is 5.69 Å². The second-order valence-corrected chi connectivity index (χ2v) is 5.20. The SMILES string of the molecule is CC(=O)Nc1c(C(=O)C2CC2)oc2ccc(Cl)cc12. The zero-order chi connectivity index (χ0) is 13.6. The number of furan rings is 1. The van der Waals surface area contributed by atoms with E-state index >= 15 is 0 Å². The lowest BCUT2D eigenvalue weighted by molar-refractivity contribution is -0.114. The fraction of sp³-hybridized carbons (Fsp3) is 0.286. The van der Waals surface area contributed by atoms with Crippen LogP contribution in [0.15, 0.2) is 22.6 Å². The molecule has 1 N–H and O–H groups in total. The van der Waals surface area contributed by atoms with Gasteiger partial charge < -0.3 is 9.73 Å². The molecule has 0 unspecified atom stereocenters. The summed E-state index contributed by atoms with van der Waals surface area (Å²) in [5, 5.41) is 3.87. The number of benzene rings is 1. The molecule has 1 saturated carbocycles. The van der Waals surface area contributed by atoms with E-state index in [9.17, 15) is 9.59 Å². The molecule has 5 heteroatoms. The molecule has 0 bridgehead atoms. The Bertz CT molecular complexity index is 685. The molecule has 1 aliphatic carbocycles. The first kappa shape index (κ1) is 12.2. The Labute approximate surface area is 114 Å². The van der Waals surface area contributed by atoms with Crippen molar-refractivity contribution in [3.63, 3.8) is 0 Å². The summed E-state index contributed by atoms with van der Waals surface area (Å²) in [7, 11) is 0. The molecule has 1 heterocycles. The van der Waals surface area contributed by atoms with E-state index in [1.807, 2.05) is 0 Å². The number of nitrogens with one attached hydrogen (secondary N) is 1. The van der Waals surface area contributed by atoms with Gasteiger partial charge in [0.05, 0.1) is 5.69 Å². The molecule has 19 heavy (non-hydrogen) atoms. The van der Waals surface area contributed by atoms with Gasteiger partial charge in [-0.25, -0.2) is 0 Å². The first-order chi connectivity index (χ1) is 9.06. The zero-order valence-electron chi connectivity index (χ0n) is 10.3. The van der Waals surface area contributed by atoms with Gasteiger partial charge >= 0.3 is 0 Å². The van der Waals surface area contributed by atoms with Gasteiger partial charge in [0.2, 0.25) is 11.7 Å². The first-order valence-electron chi connectivity index (χ1n) is 6.10. The van der Waals surface area contributed by atoms with Crippen LogP contribution in [0.25, 0.3) is 11.0 Å². The molecule has 2 aromatic rings. The number of carbonyl (C=O) groups is 2. The van der Waals surface area contributed by atoms with E-state index in [4.69, 9.17) is 16.0 Å². The van der Waals surface area contributed by atoms with E-state index in [1.54, 1.807) is 18.2 Å². The van der Waals surface area contributed by atoms with Gasteiger partial charge in [0.25, 0.3) is 0 Å². The Hall–Kier alpha value is -1.81. The third-order valence-corrected chi connectivity index (χ3v) is 3.36. The molecule has 0 radical (unpaired) electrons. The lowest BCUT2D eigenvalue weighted by Gasteiger charge is -2.02. The number of rotatable bonds is 3. The van der Waals surface area contributed by atoms with E-state index in [-0.39, 0.29) is 23.4 Å². The van der Waals surface area contributed by atoms with Gasteiger partial charge in [-0.3, -0.25) is 9.59 Å². The zero-order valence-corrected chi connectivity index (χ0v) is 11.1. The normalized spacial score (nSPS) is 14.6. The third kappa shape index (κ3) is 2.24. The van der Waals surface area contributed by atoms with Crippen LogP contribution in [-0.4, -0.2) is 11.7 Å². The fourth-order valence-corrected chi connectivity index (χ4v) is 2.25. The molecule has 1 aromatic heterocycles. The second kappa shape index (κ2) is 4.38. The summed E-state index contributed by atoms with van der Waals surface area (Å²) in [6.07, 6.45) is 1.77. The summed E-state index contributed by atoms with van der Waals surface area (Å²) < 4.78 is 5.60. The number of carbonyl (C=O) groups excluding carboxylic acids is 2. The highest BCUT2D eigenvalue weighted by molar-refractivity contribution is 6.31. The largest absolute Gasteiger partial charge is 0.451 e. The average Bonchev–Trinajstić information content (AvgIpc) is 3.13. The molecule has 0 aliphatic heterocycles. The maximum Gasteiger partial charge on any atom is 0.221 e. The summed E-state index contributed by atoms with van der Waals surface area (Å²) in [4.78, 5) is 23.5. The van der Waals surface area contributed by atoms with E-state index in [0.717, 1.165) is 12.8 Å². The molecule has 3 rings (SSSR count). The quantitative estimate of drug-likeness (QED) is 0.872. The minimum absolute atomic E-state index is 0.0311. The number of fused-ring (bicyclic) bond motifs is 1. The maximum absolute atomic E-state index is 12.2. The minimum atomic E-state index is -0.243. The minimum Gasteiger partial charge on any atom is -0.451 e. The molecule has 1 aromatic carbocycles. The van der Waals surface area contributed by atoms with Crippen molar-refractivity contribution >= 4 is 39.9 Å². The number of anilines is 1. The Morgan fingerprint density at radius 1 is 1.37 bits per heavy atom. The second-order valence-electron chi connectivity index (χ2n) is 4.77. The van der Waals surface area contributed by atoms with Crippen LogP contribution in [0.3, 0.4) is 0 Å². The van der Waals surface area contributed by atoms with E-state index < -0.39 is 0 Å². The third-order valence-electron chi connectivity index (χ3n) is 3.12. The molecule has 0 saturated heterocycles. The summed E-state index contributed by atoms with van der Waals surface area (Å²) in [6, 6.07) is 5.08. The van der Waals surface area contributed by atoms with Crippen LogP contribution in [0.5, 0.6) is 0 Å². The van der Waals surface area contributed by atoms with Gasteiger partial charge in [0.1, 0.15) is 5.58 Å². The fourth-order valence-electron chi connectivity index (χ4n) is 2.07. The van der Waals surface area contributed by atoms with Crippen LogP contribution < -0.4 is 5.32 Å². The summed E-state index contributed by atoms with van der Waals surface area (Å²) in [5.41, 5.74) is 0.985. The standard InChI is InChI=1S/C14H12ClNO3/c1-7(17)16-12-10-6-9(15)4-5-11(10)19-14(12)13(18)8-2-3-8/h4-6,8H,2-3H2,1H3,(H,16,17). The predicted octanol–water partition coefficient (Wildman–Crippen LogP) is 3.64. The summed E-state index contributed by atoms with van der Waals surface area (Å²) in [5.74, 6) is -0.0258. The molecule has 1 aliphatic rings. The molecule has 0 spiro atoms.